The molecule has 3 atom stereocenters. The number of aliphatic hydroxyl groups excluding tert-OH is 2. The number of unbranched alkanes of at least 4 members (excludes halogenated alkanes) is 18. The molecule has 0 aromatic rings. The summed E-state index contributed by atoms with van der Waals surface area (Å²) in [7, 11) is 0. The summed E-state index contributed by atoms with van der Waals surface area (Å²) in [6.07, 6.45) is 66.8. The molecule has 0 rings (SSSR count). The van der Waals surface area contributed by atoms with Crippen molar-refractivity contribution >= 4 is 11.9 Å². The van der Waals surface area contributed by atoms with Crippen LogP contribution in [0, 0.1) is 0 Å². The second-order valence-corrected chi connectivity index (χ2v) is 16.3. The number of ether oxygens (including phenoxy) is 1. The average Bonchev–Trinajstić information content (AvgIpc) is 3.26. The molecule has 62 heavy (non-hydrogen) atoms. The Kier molecular flexibility index (Phi) is 45.4. The van der Waals surface area contributed by atoms with Crippen LogP contribution in [0.3, 0.4) is 0 Å². The van der Waals surface area contributed by atoms with E-state index < -0.39 is 18.2 Å². The molecule has 6 nitrogen and oxygen atoms in total. The van der Waals surface area contributed by atoms with E-state index in [1.54, 1.807) is 0 Å². The molecule has 0 fully saturated rings. The molecule has 0 aliphatic rings. The third-order valence-corrected chi connectivity index (χ3v) is 10.5. The maximum Gasteiger partial charge on any atom is 0.306 e. The zero-order valence-electron chi connectivity index (χ0n) is 39.7. The molecule has 0 aromatic heterocycles. The van der Waals surface area contributed by atoms with Crippen molar-refractivity contribution in [3.63, 3.8) is 0 Å². The Morgan fingerprint density at radius 3 is 1.32 bits per heavy atom. The van der Waals surface area contributed by atoms with Crippen LogP contribution in [0.4, 0.5) is 0 Å². The second kappa shape index (κ2) is 48.3. The Balaban J connectivity index is 4.76. The molecule has 0 bridgehead atoms. The van der Waals surface area contributed by atoms with Gasteiger partial charge < -0.3 is 20.3 Å². The molecule has 0 saturated heterocycles. The van der Waals surface area contributed by atoms with E-state index in [9.17, 15) is 19.8 Å². The molecular formula is C56H91NO5. The van der Waals surface area contributed by atoms with Crippen LogP contribution in [0.25, 0.3) is 0 Å². The second-order valence-electron chi connectivity index (χ2n) is 16.3. The van der Waals surface area contributed by atoms with E-state index in [1.807, 2.05) is 91.1 Å². The summed E-state index contributed by atoms with van der Waals surface area (Å²) in [4.78, 5) is 26.1. The highest BCUT2D eigenvalue weighted by Gasteiger charge is 2.24. The van der Waals surface area contributed by atoms with Gasteiger partial charge in [0.2, 0.25) is 5.91 Å². The molecule has 0 heterocycles. The van der Waals surface area contributed by atoms with Crippen LogP contribution in [-0.2, 0) is 14.3 Å². The SMILES string of the molecule is CC\C=C/C=C/C=C/C=C\C=C\C=C\CCCCCC(=O)OC(CCCCC\C=C/C=C/C=C/C=C/CC)CC(=O)NC(CO)C(O)CCCCCCCCCCCCCCC. The molecule has 0 aromatic carbocycles. The van der Waals surface area contributed by atoms with Gasteiger partial charge in [-0.25, -0.2) is 0 Å². The standard InChI is InChI=1S/C56H91NO5/c1-4-7-10-13-16-19-22-25-26-27-28-31-34-37-40-43-46-49-56(61)62-52(47-44-41-38-35-32-29-23-20-17-14-11-8-5-2)50-55(60)57-53(51-58)54(59)48-45-42-39-36-33-30-24-21-18-15-12-9-6-3/h7-8,10-11,13-14,16-17,19-20,22-23,25-29,31-32,34,52-54,58-59H,4-6,9,12,15,18,21,24,30,33,35-51H2,1-3H3,(H,57,60)/b10-7-,11-8+,16-13+,17-14+,22-19+,23-20+,26-25-,28-27+,32-29-,34-31+. The molecule has 3 unspecified atom stereocenters. The van der Waals surface area contributed by atoms with Crippen molar-refractivity contribution < 1.29 is 24.5 Å². The quantitative estimate of drug-likeness (QED) is 0.0323. The van der Waals surface area contributed by atoms with E-state index in [1.165, 1.54) is 64.2 Å². The van der Waals surface area contributed by atoms with Crippen molar-refractivity contribution in [2.24, 2.45) is 0 Å². The van der Waals surface area contributed by atoms with Crippen molar-refractivity contribution in [2.75, 3.05) is 6.61 Å². The number of esters is 1. The van der Waals surface area contributed by atoms with Gasteiger partial charge in [-0.05, 0) is 64.2 Å². The molecule has 1 amide bonds. The molecule has 6 heteroatoms. The van der Waals surface area contributed by atoms with Crippen molar-refractivity contribution in [3.05, 3.63) is 122 Å². The van der Waals surface area contributed by atoms with Gasteiger partial charge in [-0.2, -0.15) is 0 Å². The van der Waals surface area contributed by atoms with Crippen molar-refractivity contribution in [2.45, 2.75) is 212 Å². The number of carbonyl (C=O) groups excluding carboxylic acids is 2. The third kappa shape index (κ3) is 42.9. The van der Waals surface area contributed by atoms with Gasteiger partial charge in [-0.1, -0.05) is 239 Å². The van der Waals surface area contributed by atoms with Gasteiger partial charge in [0.1, 0.15) is 6.10 Å². The molecule has 0 saturated carbocycles. The number of aliphatic hydroxyl groups is 2. The maximum atomic E-state index is 13.2. The molecule has 0 aliphatic carbocycles. The van der Waals surface area contributed by atoms with Gasteiger partial charge in [0.15, 0.2) is 0 Å². The maximum absolute atomic E-state index is 13.2. The minimum atomic E-state index is -0.814. The first-order valence-electron chi connectivity index (χ1n) is 24.9. The molecule has 0 radical (unpaired) electrons. The highest BCUT2D eigenvalue weighted by molar-refractivity contribution is 5.77. The Morgan fingerprint density at radius 2 is 0.871 bits per heavy atom. The van der Waals surface area contributed by atoms with Crippen LogP contribution in [0.2, 0.25) is 0 Å². The fourth-order valence-electron chi connectivity index (χ4n) is 6.82. The number of allylic oxidation sites excluding steroid dienone is 20. The zero-order chi connectivity index (χ0) is 45.2. The lowest BCUT2D eigenvalue weighted by molar-refractivity contribution is -0.151. The fourth-order valence-corrected chi connectivity index (χ4v) is 6.82. The number of rotatable bonds is 42. The number of carbonyl (C=O) groups is 2. The Hall–Kier alpha value is -3.74. The van der Waals surface area contributed by atoms with Crippen LogP contribution in [-0.4, -0.2) is 46.9 Å². The first kappa shape index (κ1) is 58.3. The van der Waals surface area contributed by atoms with Gasteiger partial charge >= 0.3 is 5.97 Å². The number of amides is 1. The molecule has 0 spiro atoms. The summed E-state index contributed by atoms with van der Waals surface area (Å²) in [6.45, 7) is 6.16. The minimum Gasteiger partial charge on any atom is -0.462 e. The summed E-state index contributed by atoms with van der Waals surface area (Å²) in [5.74, 6) is -0.578. The fraction of sp³-hybridized carbons (Fsp3) is 0.607. The average molecular weight is 858 g/mol. The van der Waals surface area contributed by atoms with E-state index >= 15 is 0 Å². The van der Waals surface area contributed by atoms with E-state index in [4.69, 9.17) is 4.74 Å². The van der Waals surface area contributed by atoms with Crippen LogP contribution in [0.1, 0.15) is 194 Å². The normalized spacial score (nSPS) is 14.3. The van der Waals surface area contributed by atoms with E-state index in [-0.39, 0.29) is 24.9 Å². The van der Waals surface area contributed by atoms with Crippen LogP contribution >= 0.6 is 0 Å². The summed E-state index contributed by atoms with van der Waals surface area (Å²) in [5, 5.41) is 23.7. The molecule has 350 valence electrons. The molecular weight excluding hydrogens is 767 g/mol. The van der Waals surface area contributed by atoms with Crippen LogP contribution in [0.15, 0.2) is 122 Å². The smallest absolute Gasteiger partial charge is 0.306 e. The monoisotopic (exact) mass is 858 g/mol. The Labute approximate surface area is 380 Å². The van der Waals surface area contributed by atoms with Crippen LogP contribution in [0.5, 0.6) is 0 Å². The highest BCUT2D eigenvalue weighted by Crippen LogP contribution is 2.17. The highest BCUT2D eigenvalue weighted by atomic mass is 16.5. The first-order valence-corrected chi connectivity index (χ1v) is 24.9. The summed E-state index contributed by atoms with van der Waals surface area (Å²) >= 11 is 0. The van der Waals surface area contributed by atoms with Gasteiger partial charge in [0.25, 0.3) is 0 Å². The van der Waals surface area contributed by atoms with E-state index in [0.717, 1.165) is 83.5 Å². The largest absolute Gasteiger partial charge is 0.462 e. The number of nitrogens with one attached hydrogen (secondary N) is 1. The van der Waals surface area contributed by atoms with Gasteiger partial charge in [0.05, 0.1) is 25.2 Å². The summed E-state index contributed by atoms with van der Waals surface area (Å²) in [5.41, 5.74) is 0. The van der Waals surface area contributed by atoms with Gasteiger partial charge in [0, 0.05) is 6.42 Å². The Bertz CT molecular complexity index is 1330. The van der Waals surface area contributed by atoms with Gasteiger partial charge in [-0.3, -0.25) is 9.59 Å². The third-order valence-electron chi connectivity index (χ3n) is 10.5. The van der Waals surface area contributed by atoms with Crippen molar-refractivity contribution in [3.8, 4) is 0 Å². The molecule has 0 aliphatic heterocycles. The minimum absolute atomic E-state index is 0.0246. The first-order chi connectivity index (χ1) is 30.5. The van der Waals surface area contributed by atoms with E-state index in [2.05, 4.69) is 56.5 Å². The lowest BCUT2D eigenvalue weighted by Crippen LogP contribution is -2.46. The van der Waals surface area contributed by atoms with Crippen molar-refractivity contribution in [1.82, 2.24) is 5.32 Å². The number of hydrogen-bond donors (Lipinski definition) is 3. The lowest BCUT2D eigenvalue weighted by Gasteiger charge is -2.24. The Morgan fingerprint density at radius 1 is 0.484 bits per heavy atom. The topological polar surface area (TPSA) is 95.9 Å². The van der Waals surface area contributed by atoms with Gasteiger partial charge in [-0.15, -0.1) is 0 Å². The summed E-state index contributed by atoms with van der Waals surface area (Å²) < 4.78 is 5.89. The van der Waals surface area contributed by atoms with Crippen molar-refractivity contribution in [1.29, 1.82) is 0 Å². The summed E-state index contributed by atoms with van der Waals surface area (Å²) in [6, 6.07) is -0.732. The predicted octanol–water partition coefficient (Wildman–Crippen LogP) is 14.9. The zero-order valence-corrected chi connectivity index (χ0v) is 39.7. The number of hydrogen-bond acceptors (Lipinski definition) is 5. The van der Waals surface area contributed by atoms with E-state index in [0.29, 0.717) is 19.3 Å². The molecule has 3 N–H and O–H groups in total. The van der Waals surface area contributed by atoms with Crippen LogP contribution < -0.4 is 5.32 Å². The predicted molar refractivity (Wildman–Crippen MR) is 268 cm³/mol. The lowest BCUT2D eigenvalue weighted by atomic mass is 10.0.